The maximum atomic E-state index is 9.06. The Bertz CT molecular complexity index is 414. The standard InChI is InChI=1S/C13H18N2O3/c1-10(12-8-11(9-16)5-6-14-12)15-18-13-4-2-3-7-17-13/h5-6,8,13,16H,2-4,7,9H2,1H3/b15-10+. The number of aliphatic hydroxyl groups excluding tert-OH is 1. The first kappa shape index (κ1) is 13.0. The van der Waals surface area contributed by atoms with Crippen molar-refractivity contribution in [2.75, 3.05) is 6.61 Å². The Balaban J connectivity index is 1.98. The van der Waals surface area contributed by atoms with Crippen molar-refractivity contribution in [1.82, 2.24) is 4.98 Å². The van der Waals surface area contributed by atoms with E-state index in [0.717, 1.165) is 31.4 Å². The highest BCUT2D eigenvalue weighted by Gasteiger charge is 2.14. The lowest BCUT2D eigenvalue weighted by Gasteiger charge is -2.20. The minimum absolute atomic E-state index is 0.00457. The van der Waals surface area contributed by atoms with E-state index in [9.17, 15) is 0 Å². The fraction of sp³-hybridized carbons (Fsp3) is 0.538. The van der Waals surface area contributed by atoms with Gasteiger partial charge < -0.3 is 14.7 Å². The fourth-order valence-electron chi connectivity index (χ4n) is 1.75. The van der Waals surface area contributed by atoms with Gasteiger partial charge in [-0.25, -0.2) is 0 Å². The largest absolute Gasteiger partial charge is 0.392 e. The molecule has 5 nitrogen and oxygen atoms in total. The third-order valence-electron chi connectivity index (χ3n) is 2.82. The molecule has 1 N–H and O–H groups in total. The summed E-state index contributed by atoms with van der Waals surface area (Å²) in [5, 5.41) is 13.1. The van der Waals surface area contributed by atoms with Gasteiger partial charge in [-0.05, 0) is 37.5 Å². The Labute approximate surface area is 106 Å². The molecule has 0 amide bonds. The van der Waals surface area contributed by atoms with E-state index in [-0.39, 0.29) is 12.9 Å². The zero-order chi connectivity index (χ0) is 12.8. The predicted molar refractivity (Wildman–Crippen MR) is 67.0 cm³/mol. The first-order valence-electron chi connectivity index (χ1n) is 6.18. The summed E-state index contributed by atoms with van der Waals surface area (Å²) in [6.07, 6.45) is 4.48. The molecule has 0 aromatic carbocycles. The van der Waals surface area contributed by atoms with Gasteiger partial charge in [0.25, 0.3) is 0 Å². The summed E-state index contributed by atoms with van der Waals surface area (Å²) in [7, 11) is 0. The van der Waals surface area contributed by atoms with Gasteiger partial charge in [0.05, 0.1) is 18.9 Å². The van der Waals surface area contributed by atoms with Crippen LogP contribution in [0, 0.1) is 0 Å². The van der Waals surface area contributed by atoms with Gasteiger partial charge in [0.1, 0.15) is 5.71 Å². The number of ether oxygens (including phenoxy) is 1. The number of hydrogen-bond donors (Lipinski definition) is 1. The first-order valence-corrected chi connectivity index (χ1v) is 6.18. The molecule has 98 valence electrons. The van der Waals surface area contributed by atoms with E-state index in [1.54, 1.807) is 18.3 Å². The van der Waals surface area contributed by atoms with E-state index in [0.29, 0.717) is 11.4 Å². The van der Waals surface area contributed by atoms with Gasteiger partial charge in [-0.2, -0.15) is 0 Å². The number of hydrogen-bond acceptors (Lipinski definition) is 5. The SMILES string of the molecule is C/C(=N\OC1CCCCO1)c1cc(CO)ccn1. The molecule has 18 heavy (non-hydrogen) atoms. The lowest BCUT2D eigenvalue weighted by Crippen LogP contribution is -2.20. The van der Waals surface area contributed by atoms with Gasteiger partial charge >= 0.3 is 0 Å². The number of aromatic nitrogens is 1. The Kier molecular flexibility index (Phi) is 4.66. The van der Waals surface area contributed by atoms with Crippen LogP contribution in [0.4, 0.5) is 0 Å². The molecule has 0 spiro atoms. The number of pyridine rings is 1. The van der Waals surface area contributed by atoms with Crippen molar-refractivity contribution in [3.63, 3.8) is 0 Å². The van der Waals surface area contributed by atoms with Crippen LogP contribution >= 0.6 is 0 Å². The number of oxime groups is 1. The summed E-state index contributed by atoms with van der Waals surface area (Å²) in [6.45, 7) is 2.55. The van der Waals surface area contributed by atoms with Crippen molar-refractivity contribution in [3.8, 4) is 0 Å². The molecule has 1 saturated heterocycles. The number of aliphatic hydroxyl groups is 1. The maximum Gasteiger partial charge on any atom is 0.226 e. The van der Waals surface area contributed by atoms with Crippen molar-refractivity contribution in [1.29, 1.82) is 0 Å². The van der Waals surface area contributed by atoms with E-state index in [1.807, 2.05) is 6.92 Å². The van der Waals surface area contributed by atoms with Crippen LogP contribution in [-0.2, 0) is 16.2 Å². The van der Waals surface area contributed by atoms with E-state index >= 15 is 0 Å². The molecular weight excluding hydrogens is 232 g/mol. The Morgan fingerprint density at radius 1 is 1.61 bits per heavy atom. The predicted octanol–water partition coefficient (Wildman–Crippen LogP) is 1.84. The van der Waals surface area contributed by atoms with Crippen LogP contribution in [0.5, 0.6) is 0 Å². The molecule has 1 unspecified atom stereocenters. The van der Waals surface area contributed by atoms with E-state index < -0.39 is 0 Å². The van der Waals surface area contributed by atoms with Crippen molar-refractivity contribution in [2.45, 2.75) is 39.1 Å². The topological polar surface area (TPSA) is 63.9 Å². The number of nitrogens with zero attached hydrogens (tertiary/aromatic N) is 2. The molecule has 0 saturated carbocycles. The van der Waals surface area contributed by atoms with Gasteiger partial charge in [0.15, 0.2) is 0 Å². The molecule has 1 aliphatic heterocycles. The second-order valence-electron chi connectivity index (χ2n) is 4.29. The minimum atomic E-state index is -0.241. The van der Waals surface area contributed by atoms with Crippen LogP contribution in [-0.4, -0.2) is 28.7 Å². The molecular formula is C13H18N2O3. The van der Waals surface area contributed by atoms with Crippen LogP contribution in [0.15, 0.2) is 23.5 Å². The van der Waals surface area contributed by atoms with E-state index in [4.69, 9.17) is 14.7 Å². The molecule has 1 aromatic rings. The van der Waals surface area contributed by atoms with Gasteiger partial charge in [0, 0.05) is 12.6 Å². The normalized spacial score (nSPS) is 20.8. The van der Waals surface area contributed by atoms with Crippen LogP contribution in [0.3, 0.4) is 0 Å². The Morgan fingerprint density at radius 2 is 2.50 bits per heavy atom. The van der Waals surface area contributed by atoms with Crippen LogP contribution in [0.2, 0.25) is 0 Å². The lowest BCUT2D eigenvalue weighted by molar-refractivity contribution is -0.162. The van der Waals surface area contributed by atoms with Gasteiger partial charge in [-0.3, -0.25) is 4.98 Å². The summed E-state index contributed by atoms with van der Waals surface area (Å²) in [5.74, 6) is 0. The summed E-state index contributed by atoms with van der Waals surface area (Å²) in [4.78, 5) is 9.52. The third kappa shape index (κ3) is 3.51. The van der Waals surface area contributed by atoms with Crippen molar-refractivity contribution >= 4 is 5.71 Å². The number of rotatable bonds is 4. The molecule has 5 heteroatoms. The zero-order valence-corrected chi connectivity index (χ0v) is 10.5. The summed E-state index contributed by atoms with van der Waals surface area (Å²) in [6, 6.07) is 3.56. The second-order valence-corrected chi connectivity index (χ2v) is 4.29. The molecule has 0 aliphatic carbocycles. The second kappa shape index (κ2) is 6.47. The highest BCUT2D eigenvalue weighted by atomic mass is 16.8. The monoisotopic (exact) mass is 250 g/mol. The average Bonchev–Trinajstić information content (AvgIpc) is 2.46. The zero-order valence-electron chi connectivity index (χ0n) is 10.5. The molecule has 1 aliphatic rings. The van der Waals surface area contributed by atoms with Gasteiger partial charge in [-0.1, -0.05) is 5.16 Å². The van der Waals surface area contributed by atoms with Crippen molar-refractivity contribution in [2.24, 2.45) is 5.16 Å². The van der Waals surface area contributed by atoms with Crippen LogP contribution in [0.1, 0.15) is 37.4 Å². The first-order chi connectivity index (χ1) is 8.79. The highest BCUT2D eigenvalue weighted by molar-refractivity contribution is 5.96. The van der Waals surface area contributed by atoms with Gasteiger partial charge in [0.2, 0.25) is 6.29 Å². The average molecular weight is 250 g/mol. The highest BCUT2D eigenvalue weighted by Crippen LogP contribution is 2.14. The smallest absolute Gasteiger partial charge is 0.226 e. The van der Waals surface area contributed by atoms with E-state index in [1.165, 1.54) is 0 Å². The molecule has 2 rings (SSSR count). The van der Waals surface area contributed by atoms with E-state index in [2.05, 4.69) is 10.1 Å². The molecule has 1 aromatic heterocycles. The summed E-state index contributed by atoms with van der Waals surface area (Å²) >= 11 is 0. The summed E-state index contributed by atoms with van der Waals surface area (Å²) < 4.78 is 5.42. The summed E-state index contributed by atoms with van der Waals surface area (Å²) in [5.41, 5.74) is 2.19. The maximum absolute atomic E-state index is 9.06. The minimum Gasteiger partial charge on any atom is -0.392 e. The van der Waals surface area contributed by atoms with Crippen molar-refractivity contribution in [3.05, 3.63) is 29.6 Å². The van der Waals surface area contributed by atoms with Crippen LogP contribution < -0.4 is 0 Å². The van der Waals surface area contributed by atoms with Crippen LogP contribution in [0.25, 0.3) is 0 Å². The quantitative estimate of drug-likeness (QED) is 0.654. The third-order valence-corrected chi connectivity index (χ3v) is 2.82. The Morgan fingerprint density at radius 3 is 3.22 bits per heavy atom. The fourth-order valence-corrected chi connectivity index (χ4v) is 1.75. The van der Waals surface area contributed by atoms with Crippen molar-refractivity contribution < 1.29 is 14.7 Å². The Hall–Kier alpha value is -1.46. The van der Waals surface area contributed by atoms with Gasteiger partial charge in [-0.15, -0.1) is 0 Å². The molecule has 0 radical (unpaired) electrons. The molecule has 2 heterocycles. The molecule has 0 bridgehead atoms. The molecule has 1 fully saturated rings. The lowest BCUT2D eigenvalue weighted by atomic mass is 10.2. The molecule has 1 atom stereocenters.